The molecule has 3 saturated heterocycles. The van der Waals surface area contributed by atoms with Gasteiger partial charge in [0.25, 0.3) is 0 Å². The Morgan fingerprint density at radius 2 is 2.21 bits per heavy atom. The molecule has 1 unspecified atom stereocenters. The molecule has 3 aliphatic rings. The minimum absolute atomic E-state index is 0.205. The van der Waals surface area contributed by atoms with Gasteiger partial charge in [-0.05, 0) is 59.7 Å². The van der Waals surface area contributed by atoms with Crippen LogP contribution in [0.1, 0.15) is 24.5 Å². The number of hydrogen-bond donors (Lipinski definition) is 1. The van der Waals surface area contributed by atoms with Crippen molar-refractivity contribution in [2.75, 3.05) is 20.2 Å². The lowest BCUT2D eigenvalue weighted by atomic mass is 9.73. The number of nitrogens with zero attached hydrogens (tertiary/aromatic N) is 1. The van der Waals surface area contributed by atoms with Crippen LogP contribution in [-0.4, -0.2) is 36.2 Å². The molecule has 1 N–H and O–H groups in total. The molecule has 0 spiro atoms. The lowest BCUT2D eigenvalue weighted by molar-refractivity contribution is -0.0444. The van der Waals surface area contributed by atoms with Crippen LogP contribution < -0.4 is 4.74 Å². The van der Waals surface area contributed by atoms with Crippen LogP contribution in [0.5, 0.6) is 5.75 Å². The monoisotopic (exact) mass is 323 g/mol. The van der Waals surface area contributed by atoms with E-state index >= 15 is 0 Å². The van der Waals surface area contributed by atoms with Gasteiger partial charge in [0.1, 0.15) is 5.75 Å². The highest BCUT2D eigenvalue weighted by atomic mass is 16.5. The second-order valence-electron chi connectivity index (χ2n) is 7.13. The molecule has 3 aliphatic heterocycles. The molecular weight excluding hydrogens is 298 g/mol. The van der Waals surface area contributed by atoms with Crippen molar-refractivity contribution >= 4 is 10.8 Å². The van der Waals surface area contributed by atoms with Crippen molar-refractivity contribution in [1.82, 2.24) is 4.90 Å². The zero-order valence-electron chi connectivity index (χ0n) is 14.2. The highest BCUT2D eigenvalue weighted by molar-refractivity contribution is 5.87. The first kappa shape index (κ1) is 15.7. The Labute approximate surface area is 143 Å². The summed E-state index contributed by atoms with van der Waals surface area (Å²) in [4.78, 5) is 2.45. The van der Waals surface area contributed by atoms with Crippen LogP contribution in [-0.2, 0) is 0 Å². The van der Waals surface area contributed by atoms with Crippen molar-refractivity contribution in [3.8, 4) is 5.75 Å². The summed E-state index contributed by atoms with van der Waals surface area (Å²) in [6.07, 6.45) is 3.92. The number of piperidine rings is 3. The molecule has 0 aliphatic carbocycles. The maximum atomic E-state index is 11.2. The number of rotatable bonds is 4. The summed E-state index contributed by atoms with van der Waals surface area (Å²) in [5.41, 5.74) is 1.01. The Balaban J connectivity index is 1.69. The summed E-state index contributed by atoms with van der Waals surface area (Å²) in [6, 6.07) is 12.5. The fraction of sp³-hybridized carbons (Fsp3) is 0.429. The maximum Gasteiger partial charge on any atom is 0.119 e. The Hall–Kier alpha value is -1.84. The van der Waals surface area contributed by atoms with Crippen molar-refractivity contribution < 1.29 is 9.84 Å². The molecule has 3 heteroatoms. The zero-order valence-corrected chi connectivity index (χ0v) is 14.2. The smallest absolute Gasteiger partial charge is 0.119 e. The molecule has 126 valence electrons. The van der Waals surface area contributed by atoms with Gasteiger partial charge in [0.15, 0.2) is 0 Å². The summed E-state index contributed by atoms with van der Waals surface area (Å²) >= 11 is 0. The number of hydrogen-bond acceptors (Lipinski definition) is 3. The Bertz CT molecular complexity index is 757. The van der Waals surface area contributed by atoms with E-state index in [4.69, 9.17) is 4.74 Å². The molecule has 2 bridgehead atoms. The first-order chi connectivity index (χ1) is 11.7. The number of aliphatic hydroxyl groups is 1. The highest BCUT2D eigenvalue weighted by Gasteiger charge is 2.42. The molecule has 0 amide bonds. The van der Waals surface area contributed by atoms with E-state index in [9.17, 15) is 5.11 Å². The number of aliphatic hydroxyl groups excluding tert-OH is 1. The predicted molar refractivity (Wildman–Crippen MR) is 97.2 cm³/mol. The van der Waals surface area contributed by atoms with Gasteiger partial charge in [-0.25, -0.2) is 0 Å². The highest BCUT2D eigenvalue weighted by Crippen LogP contribution is 2.42. The molecule has 3 heterocycles. The third-order valence-electron chi connectivity index (χ3n) is 5.96. The molecule has 5 rings (SSSR count). The van der Waals surface area contributed by atoms with Gasteiger partial charge in [0.2, 0.25) is 0 Å². The first-order valence-electron chi connectivity index (χ1n) is 8.82. The van der Waals surface area contributed by atoms with E-state index in [1.165, 1.54) is 6.42 Å². The summed E-state index contributed by atoms with van der Waals surface area (Å²) in [5, 5.41) is 13.4. The van der Waals surface area contributed by atoms with Gasteiger partial charge in [0, 0.05) is 12.6 Å². The average molecular weight is 323 g/mol. The van der Waals surface area contributed by atoms with E-state index in [1.807, 2.05) is 18.2 Å². The van der Waals surface area contributed by atoms with E-state index < -0.39 is 6.10 Å². The molecule has 2 aromatic carbocycles. The van der Waals surface area contributed by atoms with Gasteiger partial charge in [0.05, 0.1) is 13.2 Å². The second kappa shape index (κ2) is 6.23. The predicted octanol–water partition coefficient (Wildman–Crippen LogP) is 3.78. The Morgan fingerprint density at radius 1 is 1.33 bits per heavy atom. The minimum atomic E-state index is -0.464. The number of methoxy groups -OCH3 is 1. The summed E-state index contributed by atoms with van der Waals surface area (Å²) in [5.74, 6) is 2.07. The molecular formula is C21H25NO2. The van der Waals surface area contributed by atoms with Crippen molar-refractivity contribution in [3.05, 3.63) is 54.6 Å². The van der Waals surface area contributed by atoms with Crippen LogP contribution in [0.3, 0.4) is 0 Å². The zero-order chi connectivity index (χ0) is 16.7. The molecule has 5 atom stereocenters. The summed E-state index contributed by atoms with van der Waals surface area (Å²) in [6.45, 7) is 6.11. The van der Waals surface area contributed by atoms with Gasteiger partial charge in [-0.3, -0.25) is 4.90 Å². The van der Waals surface area contributed by atoms with E-state index in [0.29, 0.717) is 11.8 Å². The molecule has 24 heavy (non-hydrogen) atoms. The third kappa shape index (κ3) is 2.52. The maximum absolute atomic E-state index is 11.2. The fourth-order valence-electron chi connectivity index (χ4n) is 4.57. The Morgan fingerprint density at radius 3 is 2.92 bits per heavy atom. The van der Waals surface area contributed by atoms with Crippen molar-refractivity contribution in [2.24, 2.45) is 11.8 Å². The van der Waals surface area contributed by atoms with Gasteiger partial charge >= 0.3 is 0 Å². The number of benzene rings is 2. The van der Waals surface area contributed by atoms with E-state index in [-0.39, 0.29) is 6.04 Å². The topological polar surface area (TPSA) is 32.7 Å². The van der Waals surface area contributed by atoms with Crippen molar-refractivity contribution in [3.63, 3.8) is 0 Å². The van der Waals surface area contributed by atoms with E-state index in [0.717, 1.165) is 41.6 Å². The molecule has 0 aromatic heterocycles. The summed E-state index contributed by atoms with van der Waals surface area (Å²) in [7, 11) is 1.68. The van der Waals surface area contributed by atoms with Gasteiger partial charge in [-0.2, -0.15) is 0 Å². The number of fused-ring (bicyclic) bond motifs is 4. The average Bonchev–Trinajstić information content (AvgIpc) is 2.66. The van der Waals surface area contributed by atoms with E-state index in [2.05, 4.69) is 35.8 Å². The largest absolute Gasteiger partial charge is 0.497 e. The SMILES string of the molecule is C=C[C@H]1CN2CC[C@@H]1C[C@H]2[C@H](O)c1cccc2ccc(OC)cc12. The molecule has 3 nitrogen and oxygen atoms in total. The Kier molecular flexibility index (Phi) is 4.07. The van der Waals surface area contributed by atoms with Gasteiger partial charge in [-0.1, -0.05) is 30.3 Å². The van der Waals surface area contributed by atoms with Gasteiger partial charge in [-0.15, -0.1) is 6.58 Å². The summed E-state index contributed by atoms with van der Waals surface area (Å²) < 4.78 is 5.38. The lowest BCUT2D eigenvalue weighted by Crippen LogP contribution is -2.54. The van der Waals surface area contributed by atoms with Crippen LogP contribution in [0.15, 0.2) is 49.1 Å². The minimum Gasteiger partial charge on any atom is -0.497 e. The standard InChI is InChI=1S/C21H25NO2/c1-3-14-13-22-10-9-16(14)11-20(22)21(23)18-6-4-5-15-7-8-17(24-2)12-19(15)18/h3-8,12,14,16,20-21,23H,1,9-11,13H2,2H3/t14-,16+,20-,21+/m0/s1. The van der Waals surface area contributed by atoms with Crippen LogP contribution in [0.2, 0.25) is 0 Å². The van der Waals surface area contributed by atoms with Crippen molar-refractivity contribution in [1.29, 1.82) is 0 Å². The third-order valence-corrected chi connectivity index (χ3v) is 5.96. The van der Waals surface area contributed by atoms with Crippen LogP contribution >= 0.6 is 0 Å². The normalized spacial score (nSPS) is 30.2. The molecule has 0 radical (unpaired) electrons. The molecule has 2 aromatic rings. The molecule has 0 saturated carbocycles. The van der Waals surface area contributed by atoms with Crippen LogP contribution in [0.4, 0.5) is 0 Å². The second-order valence-corrected chi connectivity index (χ2v) is 7.13. The van der Waals surface area contributed by atoms with Gasteiger partial charge < -0.3 is 9.84 Å². The quantitative estimate of drug-likeness (QED) is 0.869. The number of ether oxygens (including phenoxy) is 1. The van der Waals surface area contributed by atoms with Crippen molar-refractivity contribution in [2.45, 2.75) is 25.0 Å². The van der Waals surface area contributed by atoms with E-state index in [1.54, 1.807) is 7.11 Å². The lowest BCUT2D eigenvalue weighted by Gasteiger charge is -2.50. The molecule has 3 fully saturated rings. The fourth-order valence-corrected chi connectivity index (χ4v) is 4.57. The first-order valence-corrected chi connectivity index (χ1v) is 8.82. The van der Waals surface area contributed by atoms with Crippen LogP contribution in [0.25, 0.3) is 10.8 Å². The van der Waals surface area contributed by atoms with Crippen LogP contribution in [0, 0.1) is 11.8 Å².